The Morgan fingerprint density at radius 2 is 2.21 bits per heavy atom. The molecule has 0 saturated carbocycles. The fourth-order valence-electron chi connectivity index (χ4n) is 2.23. The number of amidine groups is 1. The highest BCUT2D eigenvalue weighted by molar-refractivity contribution is 8.15. The number of benzene rings is 1. The van der Waals surface area contributed by atoms with Gasteiger partial charge in [-0.2, -0.15) is 0 Å². The molecule has 4 nitrogen and oxygen atoms in total. The molecule has 1 atom stereocenters. The molecule has 1 aromatic rings. The van der Waals surface area contributed by atoms with Crippen LogP contribution in [0, 0.1) is 5.92 Å². The van der Waals surface area contributed by atoms with Crippen molar-refractivity contribution in [3.05, 3.63) is 18.2 Å². The molecule has 0 amide bonds. The van der Waals surface area contributed by atoms with Crippen LogP contribution in [0.2, 0.25) is 0 Å². The van der Waals surface area contributed by atoms with E-state index >= 15 is 0 Å². The largest absolute Gasteiger partial charge is 0.454 e. The van der Waals surface area contributed by atoms with Gasteiger partial charge in [-0.05, 0) is 24.5 Å². The maximum Gasteiger partial charge on any atom is 0.231 e. The lowest BCUT2D eigenvalue weighted by Gasteiger charge is -2.11. The molecule has 2 aliphatic rings. The third kappa shape index (κ3) is 2.97. The van der Waals surface area contributed by atoms with Crippen molar-refractivity contribution in [3.63, 3.8) is 0 Å². The Kier molecular flexibility index (Phi) is 3.55. The van der Waals surface area contributed by atoms with E-state index in [4.69, 9.17) is 9.47 Å². The van der Waals surface area contributed by atoms with Gasteiger partial charge in [0, 0.05) is 17.0 Å². The highest BCUT2D eigenvalue weighted by Crippen LogP contribution is 2.35. The minimum atomic E-state index is 0.310. The summed E-state index contributed by atoms with van der Waals surface area (Å²) >= 11 is 1.83. The van der Waals surface area contributed by atoms with Gasteiger partial charge < -0.3 is 14.8 Å². The van der Waals surface area contributed by atoms with E-state index in [0.717, 1.165) is 34.8 Å². The Bertz CT molecular complexity index is 502. The van der Waals surface area contributed by atoms with Crippen molar-refractivity contribution in [3.8, 4) is 11.5 Å². The van der Waals surface area contributed by atoms with Crippen LogP contribution in [0.25, 0.3) is 0 Å². The minimum Gasteiger partial charge on any atom is -0.454 e. The van der Waals surface area contributed by atoms with Gasteiger partial charge in [-0.25, -0.2) is 0 Å². The van der Waals surface area contributed by atoms with Gasteiger partial charge in [0.05, 0.1) is 6.54 Å². The van der Waals surface area contributed by atoms with Crippen LogP contribution < -0.4 is 14.8 Å². The highest BCUT2D eigenvalue weighted by atomic mass is 32.2. The summed E-state index contributed by atoms with van der Waals surface area (Å²) in [6, 6.07) is 5.88. The van der Waals surface area contributed by atoms with Crippen molar-refractivity contribution in [2.45, 2.75) is 25.5 Å². The standard InChI is InChI=1S/C14H18N2O2S/c1-9(2)5-11-7-15-14(19-11)16-10-3-4-12-13(6-10)18-8-17-12/h3-4,6,9,11H,5,7-8H2,1-2H3,(H,15,16). The van der Waals surface area contributed by atoms with Crippen LogP contribution in [0.5, 0.6) is 11.5 Å². The molecule has 2 aliphatic heterocycles. The minimum absolute atomic E-state index is 0.310. The summed E-state index contributed by atoms with van der Waals surface area (Å²) < 4.78 is 10.7. The van der Waals surface area contributed by atoms with Crippen LogP contribution in [0.15, 0.2) is 23.2 Å². The smallest absolute Gasteiger partial charge is 0.231 e. The molecule has 19 heavy (non-hydrogen) atoms. The Labute approximate surface area is 117 Å². The first-order valence-corrected chi connectivity index (χ1v) is 7.46. The molecule has 0 saturated heterocycles. The van der Waals surface area contributed by atoms with Crippen LogP contribution >= 0.6 is 11.8 Å². The molecule has 0 aliphatic carbocycles. The van der Waals surface area contributed by atoms with Crippen molar-refractivity contribution in [1.82, 2.24) is 0 Å². The zero-order valence-electron chi connectivity index (χ0n) is 11.2. The average molecular weight is 278 g/mol. The third-order valence-corrected chi connectivity index (χ3v) is 4.20. The molecule has 2 heterocycles. The lowest BCUT2D eigenvalue weighted by Crippen LogP contribution is -2.09. The summed E-state index contributed by atoms with van der Waals surface area (Å²) in [4.78, 5) is 4.56. The SMILES string of the molecule is CC(C)CC1CN=C(Nc2ccc3c(c2)OCO3)S1. The van der Waals surface area contributed by atoms with Crippen molar-refractivity contribution < 1.29 is 9.47 Å². The van der Waals surface area contributed by atoms with Gasteiger partial charge in [-0.3, -0.25) is 4.99 Å². The van der Waals surface area contributed by atoms with Crippen LogP contribution in [-0.2, 0) is 0 Å². The average Bonchev–Trinajstić information content (AvgIpc) is 2.97. The number of ether oxygens (including phenoxy) is 2. The van der Waals surface area contributed by atoms with Gasteiger partial charge in [-0.15, -0.1) is 0 Å². The molecule has 1 aromatic carbocycles. The number of nitrogens with one attached hydrogen (secondary N) is 1. The second kappa shape index (κ2) is 5.33. The van der Waals surface area contributed by atoms with Gasteiger partial charge in [0.15, 0.2) is 16.7 Å². The zero-order chi connectivity index (χ0) is 13.2. The van der Waals surface area contributed by atoms with Crippen molar-refractivity contribution in [2.75, 3.05) is 18.7 Å². The monoisotopic (exact) mass is 278 g/mol. The van der Waals surface area contributed by atoms with Gasteiger partial charge in [-0.1, -0.05) is 25.6 Å². The second-order valence-corrected chi connectivity index (χ2v) is 6.50. The van der Waals surface area contributed by atoms with Gasteiger partial charge >= 0.3 is 0 Å². The van der Waals surface area contributed by atoms with Crippen LogP contribution in [0.3, 0.4) is 0 Å². The maximum atomic E-state index is 5.37. The fraction of sp³-hybridized carbons (Fsp3) is 0.500. The molecular weight excluding hydrogens is 260 g/mol. The first kappa shape index (κ1) is 12.7. The van der Waals surface area contributed by atoms with Crippen LogP contribution in [0.1, 0.15) is 20.3 Å². The Morgan fingerprint density at radius 3 is 3.05 bits per heavy atom. The molecule has 0 radical (unpaired) electrons. The molecule has 102 valence electrons. The predicted molar refractivity (Wildman–Crippen MR) is 79.3 cm³/mol. The van der Waals surface area contributed by atoms with Crippen molar-refractivity contribution >= 4 is 22.6 Å². The van der Waals surface area contributed by atoms with Gasteiger partial charge in [0.25, 0.3) is 0 Å². The number of hydrogen-bond acceptors (Lipinski definition) is 5. The summed E-state index contributed by atoms with van der Waals surface area (Å²) in [6.45, 7) is 5.73. The molecule has 0 fully saturated rings. The summed E-state index contributed by atoms with van der Waals surface area (Å²) in [5.41, 5.74) is 1.00. The fourth-order valence-corrected chi connectivity index (χ4v) is 3.50. The predicted octanol–water partition coefficient (Wildman–Crippen LogP) is 3.34. The van der Waals surface area contributed by atoms with Crippen molar-refractivity contribution in [1.29, 1.82) is 0 Å². The molecular formula is C14H18N2O2S. The van der Waals surface area contributed by atoms with Crippen LogP contribution in [0.4, 0.5) is 5.69 Å². The first-order valence-electron chi connectivity index (χ1n) is 6.58. The number of hydrogen-bond donors (Lipinski definition) is 1. The molecule has 5 heteroatoms. The van der Waals surface area contributed by atoms with E-state index in [2.05, 4.69) is 24.2 Å². The lowest BCUT2D eigenvalue weighted by molar-refractivity contribution is 0.174. The molecule has 1 N–H and O–H groups in total. The zero-order valence-corrected chi connectivity index (χ0v) is 12.0. The van der Waals surface area contributed by atoms with Gasteiger partial charge in [0.2, 0.25) is 6.79 Å². The Hall–Kier alpha value is -1.36. The van der Waals surface area contributed by atoms with E-state index < -0.39 is 0 Å². The van der Waals surface area contributed by atoms with E-state index in [-0.39, 0.29) is 0 Å². The number of nitrogens with zero attached hydrogens (tertiary/aromatic N) is 1. The molecule has 3 rings (SSSR count). The quantitative estimate of drug-likeness (QED) is 0.921. The lowest BCUT2D eigenvalue weighted by atomic mass is 10.1. The summed E-state index contributed by atoms with van der Waals surface area (Å²) in [6.07, 6.45) is 1.21. The summed E-state index contributed by atoms with van der Waals surface area (Å²) in [5.74, 6) is 2.33. The van der Waals surface area contributed by atoms with E-state index in [1.807, 2.05) is 30.0 Å². The number of rotatable bonds is 3. The number of fused-ring (bicyclic) bond motifs is 1. The number of anilines is 1. The topological polar surface area (TPSA) is 42.9 Å². The molecule has 0 aromatic heterocycles. The van der Waals surface area contributed by atoms with Crippen molar-refractivity contribution in [2.24, 2.45) is 10.9 Å². The first-order chi connectivity index (χ1) is 9.20. The van der Waals surface area contributed by atoms with E-state index in [1.165, 1.54) is 6.42 Å². The highest BCUT2D eigenvalue weighted by Gasteiger charge is 2.21. The summed E-state index contributed by atoms with van der Waals surface area (Å²) in [7, 11) is 0. The summed E-state index contributed by atoms with van der Waals surface area (Å²) in [5, 5.41) is 4.96. The maximum absolute atomic E-state index is 5.37. The molecule has 0 bridgehead atoms. The third-order valence-electron chi connectivity index (χ3n) is 3.07. The normalized spacial score (nSPS) is 20.8. The van der Waals surface area contributed by atoms with E-state index in [1.54, 1.807) is 0 Å². The Morgan fingerprint density at radius 1 is 1.37 bits per heavy atom. The van der Waals surface area contributed by atoms with Gasteiger partial charge in [0.1, 0.15) is 0 Å². The Balaban J connectivity index is 1.60. The molecule has 1 unspecified atom stereocenters. The van der Waals surface area contributed by atoms with E-state index in [9.17, 15) is 0 Å². The molecule has 0 spiro atoms. The number of aliphatic imine (C=N–C) groups is 1. The van der Waals surface area contributed by atoms with E-state index in [0.29, 0.717) is 12.0 Å². The van der Waals surface area contributed by atoms with Crippen LogP contribution in [-0.4, -0.2) is 23.8 Å². The second-order valence-electron chi connectivity index (χ2n) is 5.21. The number of thioether (sulfide) groups is 1.